The maximum absolute atomic E-state index is 13.1. The van der Waals surface area contributed by atoms with Gasteiger partial charge in [0, 0.05) is 0 Å². The highest BCUT2D eigenvalue weighted by molar-refractivity contribution is 5.80. The molecule has 0 saturated heterocycles. The van der Waals surface area contributed by atoms with Gasteiger partial charge in [0.15, 0.2) is 0 Å². The van der Waals surface area contributed by atoms with E-state index in [0.29, 0.717) is 11.3 Å². The molecule has 1 atom stereocenters. The van der Waals surface area contributed by atoms with Gasteiger partial charge in [-0.05, 0) is 49.2 Å². The lowest BCUT2D eigenvalue weighted by molar-refractivity contribution is -0.137. The second-order valence-corrected chi connectivity index (χ2v) is 6.26. The van der Waals surface area contributed by atoms with Gasteiger partial charge in [-0.25, -0.2) is 4.39 Å². The first-order valence-electron chi connectivity index (χ1n) is 8.35. The number of carboxylic acids is 1. The molecule has 0 aliphatic heterocycles. The van der Waals surface area contributed by atoms with Crippen molar-refractivity contribution < 1.29 is 23.8 Å². The molecule has 0 spiro atoms. The molecule has 0 radical (unpaired) electrons. The first kappa shape index (κ1) is 19.4. The number of ether oxygens (including phenoxy) is 1. The fourth-order valence-electron chi connectivity index (χ4n) is 2.55. The summed E-state index contributed by atoms with van der Waals surface area (Å²) in [7, 11) is 0. The molecule has 0 saturated carbocycles. The fraction of sp³-hybridized carbons (Fsp3) is 0.300. The lowest BCUT2D eigenvalue weighted by Crippen LogP contribution is -2.31. The molecular formula is C20H22FNO4. The molecule has 0 heterocycles. The van der Waals surface area contributed by atoms with Gasteiger partial charge in [0.1, 0.15) is 11.6 Å². The number of hydrogen-bond donors (Lipinski definition) is 2. The zero-order chi connectivity index (χ0) is 19.1. The van der Waals surface area contributed by atoms with Crippen LogP contribution in [0.2, 0.25) is 0 Å². The Morgan fingerprint density at radius 1 is 1.15 bits per heavy atom. The van der Waals surface area contributed by atoms with E-state index in [1.54, 1.807) is 18.2 Å². The van der Waals surface area contributed by atoms with Crippen molar-refractivity contribution in [3.8, 4) is 5.75 Å². The Bertz CT molecular complexity index is 759. The summed E-state index contributed by atoms with van der Waals surface area (Å²) in [4.78, 5) is 23.5. The second kappa shape index (κ2) is 8.99. The van der Waals surface area contributed by atoms with E-state index in [1.165, 1.54) is 24.3 Å². The average Bonchev–Trinajstić information content (AvgIpc) is 2.54. The molecule has 0 aromatic heterocycles. The van der Waals surface area contributed by atoms with E-state index in [9.17, 15) is 14.0 Å². The van der Waals surface area contributed by atoms with Gasteiger partial charge in [-0.2, -0.15) is 0 Å². The highest BCUT2D eigenvalue weighted by Gasteiger charge is 2.18. The number of carbonyl (C=O) groups is 2. The van der Waals surface area contributed by atoms with Crippen molar-refractivity contribution in [2.24, 2.45) is 0 Å². The van der Waals surface area contributed by atoms with Crippen molar-refractivity contribution in [1.82, 2.24) is 5.32 Å². The summed E-state index contributed by atoms with van der Waals surface area (Å²) in [6.07, 6.45) is -0.169. The van der Waals surface area contributed by atoms with Gasteiger partial charge in [0.2, 0.25) is 5.91 Å². The molecular weight excluding hydrogens is 337 g/mol. The highest BCUT2D eigenvalue weighted by atomic mass is 19.1. The highest BCUT2D eigenvalue weighted by Crippen LogP contribution is 2.19. The normalized spacial score (nSPS) is 11.8. The third-order valence-corrected chi connectivity index (χ3v) is 3.62. The molecule has 2 aromatic rings. The van der Waals surface area contributed by atoms with Crippen LogP contribution in [0.25, 0.3) is 0 Å². The van der Waals surface area contributed by atoms with E-state index in [2.05, 4.69) is 5.32 Å². The van der Waals surface area contributed by atoms with Crippen molar-refractivity contribution in [2.45, 2.75) is 38.8 Å². The second-order valence-electron chi connectivity index (χ2n) is 6.26. The first-order valence-corrected chi connectivity index (χ1v) is 8.35. The molecule has 5 nitrogen and oxygen atoms in total. The molecule has 6 heteroatoms. The Balaban J connectivity index is 2.07. The summed E-state index contributed by atoms with van der Waals surface area (Å²) in [6, 6.07) is 11.9. The summed E-state index contributed by atoms with van der Waals surface area (Å²) in [5, 5.41) is 11.8. The summed E-state index contributed by atoms with van der Waals surface area (Å²) >= 11 is 0. The van der Waals surface area contributed by atoms with E-state index in [1.807, 2.05) is 19.9 Å². The maximum Gasteiger partial charge on any atom is 0.305 e. The summed E-state index contributed by atoms with van der Waals surface area (Å²) in [5.41, 5.74) is 1.30. The molecule has 0 fully saturated rings. The molecule has 2 aromatic carbocycles. The van der Waals surface area contributed by atoms with Crippen molar-refractivity contribution in [2.75, 3.05) is 0 Å². The zero-order valence-electron chi connectivity index (χ0n) is 14.7. The van der Waals surface area contributed by atoms with Crippen LogP contribution in [0.15, 0.2) is 48.5 Å². The SMILES string of the molecule is CC(C)Oc1cccc(CC(=O)NC(CC(=O)O)c2ccc(F)cc2)c1. The van der Waals surface area contributed by atoms with Gasteiger partial charge >= 0.3 is 5.97 Å². The number of carboxylic acid groups (broad SMARTS) is 1. The molecule has 1 amide bonds. The van der Waals surface area contributed by atoms with Crippen LogP contribution in [0.4, 0.5) is 4.39 Å². The van der Waals surface area contributed by atoms with Gasteiger partial charge in [0.25, 0.3) is 0 Å². The van der Waals surface area contributed by atoms with E-state index in [0.717, 1.165) is 5.56 Å². The van der Waals surface area contributed by atoms with Gasteiger partial charge < -0.3 is 15.2 Å². The molecule has 0 aliphatic carbocycles. The summed E-state index contributed by atoms with van der Waals surface area (Å²) in [6.45, 7) is 3.83. The number of aliphatic carboxylic acids is 1. The van der Waals surface area contributed by atoms with Crippen LogP contribution in [-0.4, -0.2) is 23.1 Å². The average molecular weight is 359 g/mol. The first-order chi connectivity index (χ1) is 12.3. The predicted molar refractivity (Wildman–Crippen MR) is 95.4 cm³/mol. The summed E-state index contributed by atoms with van der Waals surface area (Å²) in [5.74, 6) is -1.11. The number of carbonyl (C=O) groups excluding carboxylic acids is 1. The topological polar surface area (TPSA) is 75.6 Å². The molecule has 0 aliphatic rings. The van der Waals surface area contributed by atoms with Crippen LogP contribution in [0.5, 0.6) is 5.75 Å². The standard InChI is InChI=1S/C20H22FNO4/c1-13(2)26-17-5-3-4-14(10-17)11-19(23)22-18(12-20(24)25)15-6-8-16(21)9-7-15/h3-10,13,18H,11-12H2,1-2H3,(H,22,23)(H,24,25). The Kier molecular flexibility index (Phi) is 6.72. The zero-order valence-corrected chi connectivity index (χ0v) is 14.7. The largest absolute Gasteiger partial charge is 0.491 e. The Morgan fingerprint density at radius 3 is 2.46 bits per heavy atom. The predicted octanol–water partition coefficient (Wildman–Crippen LogP) is 3.49. The van der Waals surface area contributed by atoms with Crippen LogP contribution in [0, 0.1) is 5.82 Å². The number of benzene rings is 2. The smallest absolute Gasteiger partial charge is 0.305 e. The molecule has 0 bridgehead atoms. The van der Waals surface area contributed by atoms with Gasteiger partial charge in [-0.1, -0.05) is 24.3 Å². The van der Waals surface area contributed by atoms with Gasteiger partial charge in [-0.3, -0.25) is 9.59 Å². The Morgan fingerprint density at radius 2 is 1.85 bits per heavy atom. The van der Waals surface area contributed by atoms with Crippen LogP contribution in [0.1, 0.15) is 37.4 Å². The van der Waals surface area contributed by atoms with Crippen LogP contribution in [-0.2, 0) is 16.0 Å². The maximum atomic E-state index is 13.1. The summed E-state index contributed by atoms with van der Waals surface area (Å²) < 4.78 is 18.7. The minimum absolute atomic E-state index is 0.0255. The van der Waals surface area contributed by atoms with Crippen LogP contribution >= 0.6 is 0 Å². The van der Waals surface area contributed by atoms with Gasteiger partial charge in [0.05, 0.1) is 25.0 Å². The van der Waals surface area contributed by atoms with Gasteiger partial charge in [-0.15, -0.1) is 0 Å². The minimum atomic E-state index is -1.05. The molecule has 1 unspecified atom stereocenters. The quantitative estimate of drug-likeness (QED) is 0.757. The molecule has 2 rings (SSSR count). The van der Waals surface area contributed by atoms with Crippen molar-refractivity contribution in [3.05, 3.63) is 65.5 Å². The number of amides is 1. The molecule has 138 valence electrons. The van der Waals surface area contributed by atoms with Crippen LogP contribution in [0.3, 0.4) is 0 Å². The minimum Gasteiger partial charge on any atom is -0.491 e. The monoisotopic (exact) mass is 359 g/mol. The lowest BCUT2D eigenvalue weighted by atomic mass is 10.0. The van der Waals surface area contributed by atoms with Crippen molar-refractivity contribution in [1.29, 1.82) is 0 Å². The van der Waals surface area contributed by atoms with Crippen molar-refractivity contribution in [3.63, 3.8) is 0 Å². The third-order valence-electron chi connectivity index (χ3n) is 3.62. The Labute approximate surface area is 151 Å². The van der Waals surface area contributed by atoms with E-state index >= 15 is 0 Å². The van der Waals surface area contributed by atoms with E-state index < -0.39 is 17.8 Å². The third kappa shape index (κ3) is 6.20. The molecule has 2 N–H and O–H groups in total. The van der Waals surface area contributed by atoms with E-state index in [-0.39, 0.29) is 24.9 Å². The Hall–Kier alpha value is -2.89. The number of halogens is 1. The number of nitrogens with one attached hydrogen (secondary N) is 1. The van der Waals surface area contributed by atoms with Crippen molar-refractivity contribution >= 4 is 11.9 Å². The fourth-order valence-corrected chi connectivity index (χ4v) is 2.55. The number of hydrogen-bond acceptors (Lipinski definition) is 3. The lowest BCUT2D eigenvalue weighted by Gasteiger charge is -2.18. The van der Waals surface area contributed by atoms with E-state index in [4.69, 9.17) is 9.84 Å². The van der Waals surface area contributed by atoms with Crippen LogP contribution < -0.4 is 10.1 Å². The molecule has 26 heavy (non-hydrogen) atoms. The number of rotatable bonds is 8.